The maximum atomic E-state index is 13.2. The van der Waals surface area contributed by atoms with Gasteiger partial charge in [-0.15, -0.1) is 0 Å². The van der Waals surface area contributed by atoms with E-state index in [1.165, 1.54) is 12.0 Å². The summed E-state index contributed by atoms with van der Waals surface area (Å²) in [6.07, 6.45) is 8.97. The summed E-state index contributed by atoms with van der Waals surface area (Å²) in [5.41, 5.74) is 6.27. The van der Waals surface area contributed by atoms with E-state index in [0.717, 1.165) is 47.4 Å². The van der Waals surface area contributed by atoms with Crippen LogP contribution in [0, 0.1) is 6.92 Å². The molecule has 0 radical (unpaired) electrons. The molecule has 2 aliphatic rings. The molecule has 32 heavy (non-hydrogen) atoms. The maximum absolute atomic E-state index is 13.2. The summed E-state index contributed by atoms with van der Waals surface area (Å²) >= 11 is 0. The first-order valence-corrected chi connectivity index (χ1v) is 11.1. The molecule has 0 saturated heterocycles. The van der Waals surface area contributed by atoms with E-state index in [9.17, 15) is 4.79 Å². The van der Waals surface area contributed by atoms with E-state index in [1.54, 1.807) is 18.6 Å². The van der Waals surface area contributed by atoms with Crippen LogP contribution in [-0.4, -0.2) is 27.2 Å². The Hall–Kier alpha value is -3.54. The van der Waals surface area contributed by atoms with Crippen molar-refractivity contribution in [2.45, 2.75) is 51.2 Å². The molecule has 1 aliphatic carbocycles. The molecule has 2 heterocycles. The second-order valence-electron chi connectivity index (χ2n) is 8.83. The molecule has 1 fully saturated rings. The normalized spacial score (nSPS) is 17.2. The van der Waals surface area contributed by atoms with E-state index < -0.39 is 0 Å². The molecule has 1 aromatic heterocycles. The van der Waals surface area contributed by atoms with Crippen molar-refractivity contribution in [3.63, 3.8) is 0 Å². The fraction of sp³-hybridized carbons (Fsp3) is 0.308. The summed E-state index contributed by atoms with van der Waals surface area (Å²) in [5, 5.41) is 7.45. The van der Waals surface area contributed by atoms with Gasteiger partial charge in [0.2, 0.25) is 0 Å². The fourth-order valence-corrected chi connectivity index (χ4v) is 4.24. The van der Waals surface area contributed by atoms with Crippen LogP contribution in [0.4, 0.5) is 0 Å². The van der Waals surface area contributed by atoms with E-state index in [0.29, 0.717) is 5.56 Å². The van der Waals surface area contributed by atoms with Crippen molar-refractivity contribution < 1.29 is 9.63 Å². The third kappa shape index (κ3) is 4.00. The Morgan fingerprint density at radius 1 is 1.06 bits per heavy atom. The zero-order valence-corrected chi connectivity index (χ0v) is 18.3. The molecule has 162 valence electrons. The molecule has 1 aliphatic heterocycles. The van der Waals surface area contributed by atoms with Gasteiger partial charge in [-0.3, -0.25) is 14.8 Å². The highest BCUT2D eigenvalue weighted by atomic mass is 16.7. The lowest BCUT2D eigenvalue weighted by Gasteiger charge is -2.34. The number of carbonyl (C=O) groups excluding carboxylic acids is 1. The number of rotatable bonds is 5. The summed E-state index contributed by atoms with van der Waals surface area (Å²) in [7, 11) is 0. The minimum absolute atomic E-state index is 0.127. The van der Waals surface area contributed by atoms with Crippen molar-refractivity contribution in [2.24, 2.45) is 5.16 Å². The molecule has 6 nitrogen and oxygen atoms in total. The average Bonchev–Trinajstić information content (AvgIpc) is 3.26. The van der Waals surface area contributed by atoms with Crippen LogP contribution in [-0.2, 0) is 4.84 Å². The van der Waals surface area contributed by atoms with Crippen LogP contribution >= 0.6 is 0 Å². The van der Waals surface area contributed by atoms with Crippen molar-refractivity contribution in [3.8, 4) is 11.1 Å². The van der Waals surface area contributed by atoms with E-state index in [1.807, 2.05) is 19.1 Å². The van der Waals surface area contributed by atoms with Crippen molar-refractivity contribution in [1.29, 1.82) is 0 Å². The molecule has 1 unspecified atom stereocenters. The van der Waals surface area contributed by atoms with Gasteiger partial charge in [-0.05, 0) is 62.4 Å². The number of amides is 1. The molecular formula is C26H26N4O2. The Balaban J connectivity index is 1.47. The molecule has 0 bridgehead atoms. The standard InChI is InChI=1S/C26H26N4O2/c1-17-4-6-19(7-5-17)20-12-21(23-15-26(32-30-23)8-3-9-26)14-22(13-20)25(31)29-18(2)24-16-27-10-11-28-24/h4-7,10-14,16,18H,3,8-9,15H2,1-2H3,(H,29,31). The first-order chi connectivity index (χ1) is 15.5. The molecule has 6 heteroatoms. The van der Waals surface area contributed by atoms with Crippen LogP contribution in [0.1, 0.15) is 65.8 Å². The molecule has 1 N–H and O–H groups in total. The Labute approximate surface area is 187 Å². The number of carbonyl (C=O) groups is 1. The number of hydrogen-bond acceptors (Lipinski definition) is 5. The van der Waals surface area contributed by atoms with Gasteiger partial charge in [0.25, 0.3) is 5.91 Å². The zero-order valence-electron chi connectivity index (χ0n) is 18.3. The number of aromatic nitrogens is 2. The highest BCUT2D eigenvalue weighted by Gasteiger charge is 2.45. The summed E-state index contributed by atoms with van der Waals surface area (Å²) in [4.78, 5) is 27.4. The third-order valence-corrected chi connectivity index (χ3v) is 6.39. The van der Waals surface area contributed by atoms with Crippen molar-refractivity contribution in [2.75, 3.05) is 0 Å². The number of benzene rings is 2. The lowest BCUT2D eigenvalue weighted by atomic mass is 9.76. The van der Waals surface area contributed by atoms with Gasteiger partial charge in [0.05, 0.1) is 23.6 Å². The van der Waals surface area contributed by atoms with E-state index >= 15 is 0 Å². The number of nitrogens with zero attached hydrogens (tertiary/aromatic N) is 3. The van der Waals surface area contributed by atoms with Gasteiger partial charge in [0.15, 0.2) is 0 Å². The lowest BCUT2D eigenvalue weighted by molar-refractivity contribution is -0.0755. The molecule has 2 aromatic carbocycles. The monoisotopic (exact) mass is 426 g/mol. The molecule has 5 rings (SSSR count). The Bertz CT molecular complexity index is 1170. The largest absolute Gasteiger partial charge is 0.389 e. The summed E-state index contributed by atoms with van der Waals surface area (Å²) in [5.74, 6) is -0.156. The second-order valence-corrected chi connectivity index (χ2v) is 8.83. The summed E-state index contributed by atoms with van der Waals surface area (Å²) < 4.78 is 0. The predicted octanol–water partition coefficient (Wildman–Crippen LogP) is 4.99. The van der Waals surface area contributed by atoms with Crippen LogP contribution < -0.4 is 5.32 Å². The van der Waals surface area contributed by atoms with E-state index in [-0.39, 0.29) is 17.6 Å². The number of hydrogen-bond donors (Lipinski definition) is 1. The first-order valence-electron chi connectivity index (χ1n) is 11.1. The second kappa shape index (κ2) is 8.19. The van der Waals surface area contributed by atoms with Crippen LogP contribution in [0.25, 0.3) is 11.1 Å². The van der Waals surface area contributed by atoms with Crippen molar-refractivity contribution >= 4 is 11.6 Å². The zero-order chi connectivity index (χ0) is 22.1. The minimum Gasteiger partial charge on any atom is -0.389 e. The molecule has 1 spiro atoms. The predicted molar refractivity (Wildman–Crippen MR) is 123 cm³/mol. The van der Waals surface area contributed by atoms with Gasteiger partial charge in [-0.2, -0.15) is 0 Å². The Morgan fingerprint density at radius 3 is 2.50 bits per heavy atom. The van der Waals surface area contributed by atoms with Gasteiger partial charge < -0.3 is 10.2 Å². The number of aryl methyl sites for hydroxylation is 1. The third-order valence-electron chi connectivity index (χ3n) is 6.39. The number of nitrogens with one attached hydrogen (secondary N) is 1. The summed E-state index contributed by atoms with van der Waals surface area (Å²) in [6, 6.07) is 14.0. The molecule has 1 amide bonds. The number of oxime groups is 1. The van der Waals surface area contributed by atoms with Crippen LogP contribution in [0.2, 0.25) is 0 Å². The maximum Gasteiger partial charge on any atom is 0.251 e. The van der Waals surface area contributed by atoms with Crippen LogP contribution in [0.15, 0.2) is 66.2 Å². The van der Waals surface area contributed by atoms with Gasteiger partial charge in [0, 0.05) is 29.9 Å². The van der Waals surface area contributed by atoms with Gasteiger partial charge >= 0.3 is 0 Å². The van der Waals surface area contributed by atoms with Gasteiger partial charge in [-0.1, -0.05) is 35.0 Å². The van der Waals surface area contributed by atoms with E-state index in [4.69, 9.17) is 4.84 Å². The first kappa shape index (κ1) is 20.4. The topological polar surface area (TPSA) is 76.5 Å². The highest BCUT2D eigenvalue weighted by Crippen LogP contribution is 2.43. The molecule has 1 atom stereocenters. The van der Waals surface area contributed by atoms with E-state index in [2.05, 4.69) is 57.7 Å². The quantitative estimate of drug-likeness (QED) is 0.624. The Morgan fingerprint density at radius 2 is 1.84 bits per heavy atom. The highest BCUT2D eigenvalue weighted by molar-refractivity contribution is 6.05. The average molecular weight is 427 g/mol. The molecule has 1 saturated carbocycles. The minimum atomic E-state index is -0.256. The smallest absolute Gasteiger partial charge is 0.251 e. The van der Waals surface area contributed by atoms with Crippen molar-refractivity contribution in [3.05, 3.63) is 83.4 Å². The summed E-state index contributed by atoms with van der Waals surface area (Å²) in [6.45, 7) is 3.97. The van der Waals surface area contributed by atoms with Crippen molar-refractivity contribution in [1.82, 2.24) is 15.3 Å². The molecule has 3 aromatic rings. The fourth-order valence-electron chi connectivity index (χ4n) is 4.24. The van der Waals surface area contributed by atoms with Crippen LogP contribution in [0.5, 0.6) is 0 Å². The lowest BCUT2D eigenvalue weighted by Crippen LogP contribution is -2.36. The Kier molecular flexibility index (Phi) is 5.21. The SMILES string of the molecule is Cc1ccc(-c2cc(C(=O)NC(C)c3cnccn3)cc(C3=NOC4(CCC4)C3)c2)cc1. The van der Waals surface area contributed by atoms with Gasteiger partial charge in [-0.25, -0.2) is 0 Å². The molecular weight excluding hydrogens is 400 g/mol. The van der Waals surface area contributed by atoms with Crippen LogP contribution in [0.3, 0.4) is 0 Å². The van der Waals surface area contributed by atoms with Gasteiger partial charge in [0.1, 0.15) is 5.60 Å².